The van der Waals surface area contributed by atoms with E-state index < -0.39 is 17.9 Å². The summed E-state index contributed by atoms with van der Waals surface area (Å²) in [7, 11) is 0. The van der Waals surface area contributed by atoms with E-state index in [9.17, 15) is 9.59 Å². The van der Waals surface area contributed by atoms with Crippen molar-refractivity contribution in [2.75, 3.05) is 0 Å². The first-order chi connectivity index (χ1) is 8.11. The molecule has 17 heavy (non-hydrogen) atoms. The molecule has 0 aromatic carbocycles. The molecule has 0 radical (unpaired) electrons. The summed E-state index contributed by atoms with van der Waals surface area (Å²) in [6.07, 6.45) is 8.20. The topological polar surface area (TPSA) is 66.4 Å². The minimum atomic E-state index is -0.978. The fraction of sp³-hybridized carbons (Fsp3) is 0.692. The van der Waals surface area contributed by atoms with Gasteiger partial charge in [-0.05, 0) is 12.5 Å². The molecular weight excluding hydrogens is 218 g/mol. The highest BCUT2D eigenvalue weighted by Crippen LogP contribution is 2.08. The van der Waals surface area contributed by atoms with Gasteiger partial charge in [0.15, 0.2) is 0 Å². The Bertz CT molecular complexity index is 251. The summed E-state index contributed by atoms with van der Waals surface area (Å²) in [5, 5.41) is 11.3. The maximum absolute atomic E-state index is 11.0. The van der Waals surface area contributed by atoms with Crippen LogP contribution in [-0.2, 0) is 9.59 Å². The molecule has 0 aliphatic heterocycles. The third-order valence-corrected chi connectivity index (χ3v) is 2.65. The lowest BCUT2D eigenvalue weighted by atomic mass is 10.1. The van der Waals surface area contributed by atoms with Crippen LogP contribution in [0.3, 0.4) is 0 Å². The summed E-state index contributed by atoms with van der Waals surface area (Å²) >= 11 is 0. The van der Waals surface area contributed by atoms with Gasteiger partial charge in [-0.2, -0.15) is 0 Å². The predicted octanol–water partition coefficient (Wildman–Crippen LogP) is 2.49. The molecular formula is C13H23NO3. The van der Waals surface area contributed by atoms with Crippen LogP contribution in [0.2, 0.25) is 0 Å². The van der Waals surface area contributed by atoms with E-state index >= 15 is 0 Å². The molecule has 98 valence electrons. The van der Waals surface area contributed by atoms with E-state index in [4.69, 9.17) is 5.11 Å². The molecule has 0 spiro atoms. The maximum Gasteiger partial charge on any atom is 0.326 e. The molecule has 0 aliphatic carbocycles. The molecule has 1 unspecified atom stereocenters. The third-order valence-electron chi connectivity index (χ3n) is 2.65. The Balaban J connectivity index is 3.74. The number of rotatable bonds is 10. The molecule has 0 bridgehead atoms. The molecule has 4 heteroatoms. The van der Waals surface area contributed by atoms with Crippen molar-refractivity contribution in [3.63, 3.8) is 0 Å². The Kier molecular flexibility index (Phi) is 9.11. The smallest absolute Gasteiger partial charge is 0.326 e. The van der Waals surface area contributed by atoms with Crippen LogP contribution in [0.15, 0.2) is 12.7 Å². The quantitative estimate of drug-likeness (QED) is 0.456. The van der Waals surface area contributed by atoms with Gasteiger partial charge in [-0.25, -0.2) is 4.79 Å². The lowest BCUT2D eigenvalue weighted by Crippen LogP contribution is -2.39. The number of unbranched alkanes of at least 4 members (excludes halogenated alkanes) is 5. The summed E-state index contributed by atoms with van der Waals surface area (Å²) in [5.41, 5.74) is 0. The average Bonchev–Trinajstić information content (AvgIpc) is 2.31. The Hall–Kier alpha value is -1.32. The zero-order chi connectivity index (χ0) is 13.1. The minimum Gasteiger partial charge on any atom is -0.480 e. The van der Waals surface area contributed by atoms with Crippen molar-refractivity contribution in [2.24, 2.45) is 0 Å². The molecule has 2 N–H and O–H groups in total. The maximum atomic E-state index is 11.0. The second-order valence-electron chi connectivity index (χ2n) is 4.16. The monoisotopic (exact) mass is 241 g/mol. The van der Waals surface area contributed by atoms with Crippen molar-refractivity contribution in [3.8, 4) is 0 Å². The van der Waals surface area contributed by atoms with Crippen molar-refractivity contribution in [3.05, 3.63) is 12.7 Å². The fourth-order valence-electron chi connectivity index (χ4n) is 1.62. The van der Waals surface area contributed by atoms with Crippen molar-refractivity contribution >= 4 is 11.9 Å². The Morgan fingerprint density at radius 2 is 1.82 bits per heavy atom. The van der Waals surface area contributed by atoms with Gasteiger partial charge in [-0.1, -0.05) is 52.0 Å². The second kappa shape index (κ2) is 9.87. The van der Waals surface area contributed by atoms with E-state index in [1.807, 2.05) is 0 Å². The third kappa shape index (κ3) is 8.48. The molecule has 0 aromatic heterocycles. The van der Waals surface area contributed by atoms with Gasteiger partial charge >= 0.3 is 5.97 Å². The summed E-state index contributed by atoms with van der Waals surface area (Å²) in [6.45, 7) is 5.46. The van der Waals surface area contributed by atoms with Crippen LogP contribution in [0.4, 0.5) is 0 Å². The largest absolute Gasteiger partial charge is 0.480 e. The zero-order valence-electron chi connectivity index (χ0n) is 10.6. The van der Waals surface area contributed by atoms with Crippen LogP contribution in [0.5, 0.6) is 0 Å². The van der Waals surface area contributed by atoms with Crippen molar-refractivity contribution < 1.29 is 14.7 Å². The van der Waals surface area contributed by atoms with E-state index in [1.54, 1.807) is 0 Å². The Morgan fingerprint density at radius 1 is 1.24 bits per heavy atom. The number of hydrogen-bond donors (Lipinski definition) is 2. The van der Waals surface area contributed by atoms with Gasteiger partial charge in [0.05, 0.1) is 0 Å². The minimum absolute atomic E-state index is 0.427. The van der Waals surface area contributed by atoms with Gasteiger partial charge in [0, 0.05) is 0 Å². The van der Waals surface area contributed by atoms with Crippen LogP contribution in [0.25, 0.3) is 0 Å². The first-order valence-corrected chi connectivity index (χ1v) is 6.27. The number of carbonyl (C=O) groups excluding carboxylic acids is 1. The molecule has 0 fully saturated rings. The van der Waals surface area contributed by atoms with Crippen molar-refractivity contribution in [1.29, 1.82) is 0 Å². The SMILES string of the molecule is C=CC(=O)NC(CCCCCCCC)C(=O)O. The molecule has 0 saturated heterocycles. The van der Waals surface area contributed by atoms with E-state index in [0.717, 1.165) is 25.3 Å². The average molecular weight is 241 g/mol. The van der Waals surface area contributed by atoms with Gasteiger partial charge in [0.2, 0.25) is 5.91 Å². The highest BCUT2D eigenvalue weighted by Gasteiger charge is 2.17. The fourth-order valence-corrected chi connectivity index (χ4v) is 1.62. The predicted molar refractivity (Wildman–Crippen MR) is 67.8 cm³/mol. The number of carbonyl (C=O) groups is 2. The molecule has 0 saturated carbocycles. The summed E-state index contributed by atoms with van der Waals surface area (Å²) in [4.78, 5) is 21.9. The van der Waals surface area contributed by atoms with E-state index in [0.29, 0.717) is 6.42 Å². The molecule has 0 aromatic rings. The highest BCUT2D eigenvalue weighted by molar-refractivity contribution is 5.90. The lowest BCUT2D eigenvalue weighted by Gasteiger charge is -2.12. The second-order valence-corrected chi connectivity index (χ2v) is 4.16. The highest BCUT2D eigenvalue weighted by atomic mass is 16.4. The summed E-state index contributed by atoms with van der Waals surface area (Å²) in [6, 6.07) is -0.785. The molecule has 0 aliphatic rings. The summed E-state index contributed by atoms with van der Waals surface area (Å²) < 4.78 is 0. The Labute approximate surface area is 103 Å². The van der Waals surface area contributed by atoms with Gasteiger partial charge in [0.25, 0.3) is 0 Å². The summed E-state index contributed by atoms with van der Waals surface area (Å²) in [5.74, 6) is -1.41. The van der Waals surface area contributed by atoms with Gasteiger partial charge in [-0.3, -0.25) is 4.79 Å². The van der Waals surface area contributed by atoms with Crippen LogP contribution >= 0.6 is 0 Å². The van der Waals surface area contributed by atoms with Crippen molar-refractivity contribution in [2.45, 2.75) is 57.9 Å². The van der Waals surface area contributed by atoms with Gasteiger partial charge < -0.3 is 10.4 Å². The normalized spacial score (nSPS) is 11.8. The van der Waals surface area contributed by atoms with Crippen molar-refractivity contribution in [1.82, 2.24) is 5.32 Å². The number of carboxylic acids is 1. The van der Waals surface area contributed by atoms with Crippen LogP contribution in [0.1, 0.15) is 51.9 Å². The van der Waals surface area contributed by atoms with E-state index in [2.05, 4.69) is 18.8 Å². The number of carboxylic acid groups (broad SMARTS) is 1. The standard InChI is InChI=1S/C13H23NO3/c1-3-5-6-7-8-9-10-11(13(16)17)14-12(15)4-2/h4,11H,2-3,5-10H2,1H3,(H,14,15)(H,16,17). The number of hydrogen-bond acceptors (Lipinski definition) is 2. The number of aliphatic carboxylic acids is 1. The van der Waals surface area contributed by atoms with Gasteiger partial charge in [-0.15, -0.1) is 0 Å². The zero-order valence-corrected chi connectivity index (χ0v) is 10.6. The number of nitrogens with one attached hydrogen (secondary N) is 1. The first kappa shape index (κ1) is 15.7. The van der Waals surface area contributed by atoms with Crippen LogP contribution in [-0.4, -0.2) is 23.0 Å². The van der Waals surface area contributed by atoms with E-state index in [1.165, 1.54) is 19.3 Å². The molecule has 0 heterocycles. The molecule has 1 atom stereocenters. The Morgan fingerprint density at radius 3 is 2.35 bits per heavy atom. The molecule has 0 rings (SSSR count). The molecule has 1 amide bonds. The van der Waals surface area contributed by atoms with Gasteiger partial charge in [0.1, 0.15) is 6.04 Å². The molecule has 4 nitrogen and oxygen atoms in total. The first-order valence-electron chi connectivity index (χ1n) is 6.27. The lowest BCUT2D eigenvalue weighted by molar-refractivity contribution is -0.141. The number of amides is 1. The van der Waals surface area contributed by atoms with E-state index in [-0.39, 0.29) is 0 Å². The van der Waals surface area contributed by atoms with Crippen LogP contribution < -0.4 is 5.32 Å². The van der Waals surface area contributed by atoms with Crippen LogP contribution in [0, 0.1) is 0 Å².